The van der Waals surface area contributed by atoms with Crippen molar-refractivity contribution < 1.29 is 4.52 Å². The number of fused-ring (bicyclic) bond motifs is 1. The Morgan fingerprint density at radius 1 is 1.16 bits per heavy atom. The molecule has 0 radical (unpaired) electrons. The van der Waals surface area contributed by atoms with Crippen LogP contribution in [0.3, 0.4) is 0 Å². The molecular formula is C13H14N4O2. The molecule has 0 amide bonds. The molecule has 3 aromatic heterocycles. The van der Waals surface area contributed by atoms with Crippen molar-refractivity contribution in [3.63, 3.8) is 0 Å². The first-order chi connectivity index (χ1) is 9.04. The second-order valence-corrected chi connectivity index (χ2v) is 4.70. The standard InChI is InChI=1S/C13H14N4O2/c1-8-5-12-16(7-11-4-9(2)15-19-11)10(3)6-13(18)17(12)14-8/h4-6H,7H2,1-3H3. The number of aromatic nitrogens is 4. The Bertz CT molecular complexity index is 810. The Balaban J connectivity index is 2.19. The normalized spacial score (nSPS) is 11.3. The molecule has 0 unspecified atom stereocenters. The smallest absolute Gasteiger partial charge is 0.274 e. The van der Waals surface area contributed by atoms with Crippen LogP contribution in [0.15, 0.2) is 27.5 Å². The summed E-state index contributed by atoms with van der Waals surface area (Å²) in [5.74, 6) is 0.755. The predicted octanol–water partition coefficient (Wildman–Crippen LogP) is 1.46. The largest absolute Gasteiger partial charge is 0.359 e. The van der Waals surface area contributed by atoms with E-state index in [-0.39, 0.29) is 5.56 Å². The fourth-order valence-electron chi connectivity index (χ4n) is 2.19. The van der Waals surface area contributed by atoms with Crippen molar-refractivity contribution in [2.45, 2.75) is 27.3 Å². The Hall–Kier alpha value is -2.37. The Kier molecular flexibility index (Phi) is 2.51. The molecule has 0 aliphatic rings. The molecule has 0 N–H and O–H groups in total. The molecule has 0 atom stereocenters. The first kappa shape index (κ1) is 11.7. The number of aryl methyl sites for hydroxylation is 3. The van der Waals surface area contributed by atoms with E-state index in [0.717, 1.165) is 28.5 Å². The van der Waals surface area contributed by atoms with Crippen LogP contribution in [-0.4, -0.2) is 19.3 Å². The molecule has 3 heterocycles. The molecule has 19 heavy (non-hydrogen) atoms. The summed E-state index contributed by atoms with van der Waals surface area (Å²) < 4.78 is 8.63. The average Bonchev–Trinajstić information content (AvgIpc) is 2.91. The van der Waals surface area contributed by atoms with Gasteiger partial charge in [-0.15, -0.1) is 0 Å². The molecule has 0 bridgehead atoms. The predicted molar refractivity (Wildman–Crippen MR) is 69.3 cm³/mol. The van der Waals surface area contributed by atoms with E-state index >= 15 is 0 Å². The zero-order chi connectivity index (χ0) is 13.6. The SMILES string of the molecule is Cc1cc(Cn2c(C)cc(=O)n3nc(C)cc23)on1. The van der Waals surface area contributed by atoms with Gasteiger partial charge in [-0.1, -0.05) is 5.16 Å². The van der Waals surface area contributed by atoms with Crippen LogP contribution in [0.1, 0.15) is 22.8 Å². The van der Waals surface area contributed by atoms with E-state index in [1.54, 1.807) is 6.07 Å². The summed E-state index contributed by atoms with van der Waals surface area (Å²) in [5, 5.41) is 8.07. The van der Waals surface area contributed by atoms with Crippen molar-refractivity contribution in [2.75, 3.05) is 0 Å². The zero-order valence-corrected chi connectivity index (χ0v) is 11.0. The second-order valence-electron chi connectivity index (χ2n) is 4.70. The first-order valence-electron chi connectivity index (χ1n) is 6.03. The zero-order valence-electron chi connectivity index (χ0n) is 11.0. The van der Waals surface area contributed by atoms with E-state index < -0.39 is 0 Å². The lowest BCUT2D eigenvalue weighted by Crippen LogP contribution is -2.20. The lowest BCUT2D eigenvalue weighted by atomic mass is 10.3. The van der Waals surface area contributed by atoms with Crippen molar-refractivity contribution in [1.29, 1.82) is 0 Å². The van der Waals surface area contributed by atoms with E-state index in [4.69, 9.17) is 4.52 Å². The quantitative estimate of drug-likeness (QED) is 0.698. The molecule has 0 saturated carbocycles. The summed E-state index contributed by atoms with van der Waals surface area (Å²) in [6.45, 7) is 6.17. The summed E-state index contributed by atoms with van der Waals surface area (Å²) in [7, 11) is 0. The maximum Gasteiger partial charge on any atom is 0.274 e. The fraction of sp³-hybridized carbons (Fsp3) is 0.308. The van der Waals surface area contributed by atoms with Crippen molar-refractivity contribution >= 4 is 5.65 Å². The molecule has 6 heteroatoms. The van der Waals surface area contributed by atoms with Crippen LogP contribution >= 0.6 is 0 Å². The van der Waals surface area contributed by atoms with Gasteiger partial charge in [0.05, 0.1) is 17.9 Å². The van der Waals surface area contributed by atoms with Gasteiger partial charge in [-0.2, -0.15) is 9.61 Å². The van der Waals surface area contributed by atoms with Gasteiger partial charge in [0.2, 0.25) is 0 Å². The highest BCUT2D eigenvalue weighted by Crippen LogP contribution is 2.12. The van der Waals surface area contributed by atoms with Crippen LogP contribution in [0.5, 0.6) is 0 Å². The highest BCUT2D eigenvalue weighted by Gasteiger charge is 2.11. The maximum atomic E-state index is 11.9. The molecule has 98 valence electrons. The maximum absolute atomic E-state index is 11.9. The number of hydrogen-bond donors (Lipinski definition) is 0. The monoisotopic (exact) mass is 258 g/mol. The van der Waals surface area contributed by atoms with Gasteiger partial charge in [0.25, 0.3) is 5.56 Å². The van der Waals surface area contributed by atoms with Crippen LogP contribution in [0, 0.1) is 20.8 Å². The Morgan fingerprint density at radius 2 is 1.95 bits per heavy atom. The van der Waals surface area contributed by atoms with Gasteiger partial charge in [-0.05, 0) is 20.8 Å². The van der Waals surface area contributed by atoms with Crippen LogP contribution in [0.25, 0.3) is 5.65 Å². The molecule has 0 fully saturated rings. The van der Waals surface area contributed by atoms with E-state index in [9.17, 15) is 4.79 Å². The first-order valence-corrected chi connectivity index (χ1v) is 6.03. The summed E-state index contributed by atoms with van der Waals surface area (Å²) in [6.07, 6.45) is 0. The minimum atomic E-state index is -0.120. The average molecular weight is 258 g/mol. The van der Waals surface area contributed by atoms with Crippen LogP contribution < -0.4 is 5.56 Å². The molecule has 0 aromatic carbocycles. The fourth-order valence-corrected chi connectivity index (χ4v) is 2.19. The van der Waals surface area contributed by atoms with Gasteiger partial charge in [0.1, 0.15) is 5.65 Å². The molecule has 0 aliphatic carbocycles. The van der Waals surface area contributed by atoms with Crippen LogP contribution in [-0.2, 0) is 6.54 Å². The summed E-state index contributed by atoms with van der Waals surface area (Å²) in [6, 6.07) is 5.34. The summed E-state index contributed by atoms with van der Waals surface area (Å²) in [5.41, 5.74) is 3.16. The number of nitrogens with zero attached hydrogens (tertiary/aromatic N) is 4. The van der Waals surface area contributed by atoms with Crippen molar-refractivity contribution in [1.82, 2.24) is 19.3 Å². The van der Waals surface area contributed by atoms with Gasteiger partial charge < -0.3 is 9.09 Å². The molecule has 3 rings (SSSR count). The lowest BCUT2D eigenvalue weighted by molar-refractivity contribution is 0.372. The van der Waals surface area contributed by atoms with Gasteiger partial charge in [-0.3, -0.25) is 4.79 Å². The Labute approximate surface area is 109 Å². The highest BCUT2D eigenvalue weighted by molar-refractivity contribution is 5.42. The molecule has 0 saturated heterocycles. The molecule has 0 spiro atoms. The lowest BCUT2D eigenvalue weighted by Gasteiger charge is -2.10. The third-order valence-corrected chi connectivity index (χ3v) is 3.05. The van der Waals surface area contributed by atoms with Gasteiger partial charge in [0.15, 0.2) is 5.76 Å². The van der Waals surface area contributed by atoms with Gasteiger partial charge >= 0.3 is 0 Å². The highest BCUT2D eigenvalue weighted by atomic mass is 16.5. The van der Waals surface area contributed by atoms with Crippen molar-refractivity contribution in [3.05, 3.63) is 51.4 Å². The van der Waals surface area contributed by atoms with E-state index in [0.29, 0.717) is 6.54 Å². The minimum Gasteiger partial charge on any atom is -0.359 e. The summed E-state index contributed by atoms with van der Waals surface area (Å²) in [4.78, 5) is 11.9. The van der Waals surface area contributed by atoms with E-state index in [1.807, 2.05) is 37.5 Å². The molecular weight excluding hydrogens is 244 g/mol. The van der Waals surface area contributed by atoms with E-state index in [2.05, 4.69) is 10.3 Å². The third kappa shape index (κ3) is 1.95. The van der Waals surface area contributed by atoms with E-state index in [1.165, 1.54) is 4.52 Å². The summed E-state index contributed by atoms with van der Waals surface area (Å²) >= 11 is 0. The van der Waals surface area contributed by atoms with Crippen molar-refractivity contribution in [3.8, 4) is 0 Å². The Morgan fingerprint density at radius 3 is 2.63 bits per heavy atom. The van der Waals surface area contributed by atoms with Gasteiger partial charge in [0, 0.05) is 23.9 Å². The molecule has 3 aromatic rings. The van der Waals surface area contributed by atoms with Crippen molar-refractivity contribution in [2.24, 2.45) is 0 Å². The van der Waals surface area contributed by atoms with Gasteiger partial charge in [-0.25, -0.2) is 0 Å². The second kappa shape index (κ2) is 4.08. The third-order valence-electron chi connectivity index (χ3n) is 3.05. The number of rotatable bonds is 2. The topological polar surface area (TPSA) is 65.3 Å². The molecule has 6 nitrogen and oxygen atoms in total. The minimum absolute atomic E-state index is 0.120. The van der Waals surface area contributed by atoms with Crippen LogP contribution in [0.2, 0.25) is 0 Å². The molecule has 0 aliphatic heterocycles. The van der Waals surface area contributed by atoms with Crippen LogP contribution in [0.4, 0.5) is 0 Å². The number of hydrogen-bond acceptors (Lipinski definition) is 4.